The van der Waals surface area contributed by atoms with Gasteiger partial charge in [0.05, 0.1) is 6.10 Å². The van der Waals surface area contributed by atoms with Crippen molar-refractivity contribution in [1.29, 1.82) is 0 Å². The average Bonchev–Trinajstić information content (AvgIpc) is 2.78. The second-order valence-corrected chi connectivity index (χ2v) is 9.78. The Morgan fingerprint density at radius 1 is 0.733 bits per heavy atom. The largest absolute Gasteiger partial charge is 0.487 e. The van der Waals surface area contributed by atoms with E-state index in [1.807, 2.05) is 0 Å². The van der Waals surface area contributed by atoms with Crippen LogP contribution in [0.2, 0.25) is 0 Å². The normalized spacial score (nSPS) is 28.3. The number of benzene rings is 1. The van der Waals surface area contributed by atoms with E-state index in [1.165, 1.54) is 25.7 Å². The van der Waals surface area contributed by atoms with Gasteiger partial charge in [-0.25, -0.2) is 0 Å². The molecule has 0 N–H and O–H groups in total. The van der Waals surface area contributed by atoms with E-state index in [2.05, 4.69) is 13.8 Å². The minimum Gasteiger partial charge on any atom is -0.487 e. The lowest BCUT2D eigenvalue weighted by Gasteiger charge is -2.38. The minimum absolute atomic E-state index is 0.00608. The monoisotopic (exact) mass is 420 g/mol. The summed E-state index contributed by atoms with van der Waals surface area (Å²) < 4.78 is 42.1. The van der Waals surface area contributed by atoms with Crippen molar-refractivity contribution in [1.82, 2.24) is 0 Å². The number of hydrogen-bond acceptors (Lipinski definition) is 2. The molecular formula is C26H38F2O2. The smallest absolute Gasteiger partial charge is 0.204 e. The molecule has 2 nitrogen and oxygen atoms in total. The zero-order chi connectivity index (χ0) is 21.1. The number of hydrogen-bond donors (Lipinski definition) is 0. The molecule has 0 aromatic heterocycles. The Balaban J connectivity index is 1.47. The van der Waals surface area contributed by atoms with Gasteiger partial charge in [-0.3, -0.25) is 0 Å². The molecule has 1 aliphatic carbocycles. The van der Waals surface area contributed by atoms with Gasteiger partial charge in [0.2, 0.25) is 11.6 Å². The van der Waals surface area contributed by atoms with E-state index >= 15 is 4.39 Å². The zero-order valence-corrected chi connectivity index (χ0v) is 18.8. The Morgan fingerprint density at radius 2 is 1.40 bits per heavy atom. The number of halogens is 2. The predicted octanol–water partition coefficient (Wildman–Crippen LogP) is 7.54. The molecule has 2 aliphatic heterocycles. The highest BCUT2D eigenvalue weighted by molar-refractivity contribution is 5.52. The molecule has 0 radical (unpaired) electrons. The van der Waals surface area contributed by atoms with E-state index in [0.29, 0.717) is 5.92 Å². The highest BCUT2D eigenvalue weighted by atomic mass is 19.2. The molecule has 0 amide bonds. The Kier molecular flexibility index (Phi) is 7.20. The molecule has 1 aromatic rings. The van der Waals surface area contributed by atoms with E-state index in [4.69, 9.17) is 9.47 Å². The Morgan fingerprint density at radius 3 is 2.07 bits per heavy atom. The summed E-state index contributed by atoms with van der Waals surface area (Å²) in [6, 6.07) is 0. The van der Waals surface area contributed by atoms with Crippen molar-refractivity contribution in [2.75, 3.05) is 0 Å². The zero-order valence-electron chi connectivity index (χ0n) is 18.8. The topological polar surface area (TPSA) is 18.5 Å². The molecule has 3 aliphatic rings. The maximum Gasteiger partial charge on any atom is 0.204 e. The van der Waals surface area contributed by atoms with Gasteiger partial charge < -0.3 is 9.47 Å². The van der Waals surface area contributed by atoms with Crippen LogP contribution in [0.25, 0.3) is 0 Å². The molecule has 0 spiro atoms. The van der Waals surface area contributed by atoms with Crippen LogP contribution in [0.1, 0.15) is 102 Å². The third kappa shape index (κ3) is 4.48. The molecule has 2 atom stereocenters. The Labute approximate surface area is 180 Å². The van der Waals surface area contributed by atoms with Gasteiger partial charge in [0.25, 0.3) is 0 Å². The summed E-state index contributed by atoms with van der Waals surface area (Å²) in [4.78, 5) is 0. The van der Waals surface area contributed by atoms with Crippen molar-refractivity contribution < 1.29 is 18.3 Å². The molecule has 0 bridgehead atoms. The molecule has 4 heteroatoms. The number of fused-ring (bicyclic) bond motifs is 3. The fourth-order valence-electron chi connectivity index (χ4n) is 5.95. The van der Waals surface area contributed by atoms with Gasteiger partial charge in [-0.2, -0.15) is 8.78 Å². The quantitative estimate of drug-likeness (QED) is 0.424. The van der Waals surface area contributed by atoms with Crippen LogP contribution in [0, 0.1) is 23.5 Å². The maximum absolute atomic E-state index is 15.0. The SMILES string of the molecule is CCCCCC1CCc2c3c(c(F)c(F)c2O1)O[C@@H](C1CCC(CCC)CC1)CC3. The van der Waals surface area contributed by atoms with Crippen LogP contribution < -0.4 is 9.47 Å². The van der Waals surface area contributed by atoms with Crippen LogP contribution in [0.5, 0.6) is 11.5 Å². The van der Waals surface area contributed by atoms with Crippen molar-refractivity contribution in [3.05, 3.63) is 22.8 Å². The summed E-state index contributed by atoms with van der Waals surface area (Å²) in [5.41, 5.74) is 1.73. The second-order valence-electron chi connectivity index (χ2n) is 9.78. The highest BCUT2D eigenvalue weighted by Gasteiger charge is 2.37. The van der Waals surface area contributed by atoms with Crippen LogP contribution in [-0.2, 0) is 12.8 Å². The van der Waals surface area contributed by atoms with Crippen molar-refractivity contribution in [2.45, 2.75) is 116 Å². The van der Waals surface area contributed by atoms with E-state index in [1.54, 1.807) is 0 Å². The summed E-state index contributed by atoms with van der Waals surface area (Å²) in [5, 5.41) is 0. The predicted molar refractivity (Wildman–Crippen MR) is 116 cm³/mol. The minimum atomic E-state index is -0.837. The van der Waals surface area contributed by atoms with Gasteiger partial charge in [0, 0.05) is 11.1 Å². The van der Waals surface area contributed by atoms with Crippen LogP contribution >= 0.6 is 0 Å². The summed E-state index contributed by atoms with van der Waals surface area (Å²) in [7, 11) is 0. The lowest BCUT2D eigenvalue weighted by atomic mass is 9.76. The van der Waals surface area contributed by atoms with Crippen LogP contribution in [0.15, 0.2) is 0 Å². The second kappa shape index (κ2) is 9.87. The summed E-state index contributed by atoms with van der Waals surface area (Å²) in [5.74, 6) is 0.000558. The van der Waals surface area contributed by atoms with Gasteiger partial charge in [0.15, 0.2) is 11.5 Å². The third-order valence-corrected chi connectivity index (χ3v) is 7.70. The van der Waals surface area contributed by atoms with E-state index < -0.39 is 11.6 Å². The Hall–Kier alpha value is -1.32. The molecule has 30 heavy (non-hydrogen) atoms. The highest BCUT2D eigenvalue weighted by Crippen LogP contribution is 2.46. The first-order chi connectivity index (χ1) is 14.6. The molecule has 2 heterocycles. The molecule has 1 unspecified atom stereocenters. The van der Waals surface area contributed by atoms with Gasteiger partial charge in [-0.05, 0) is 63.2 Å². The summed E-state index contributed by atoms with van der Waals surface area (Å²) in [6.07, 6.45) is 15.1. The fourth-order valence-corrected chi connectivity index (χ4v) is 5.95. The van der Waals surface area contributed by atoms with E-state index in [0.717, 1.165) is 81.3 Å². The van der Waals surface area contributed by atoms with Gasteiger partial charge in [-0.1, -0.05) is 52.4 Å². The summed E-state index contributed by atoms with van der Waals surface area (Å²) in [6.45, 7) is 4.42. The van der Waals surface area contributed by atoms with Crippen molar-refractivity contribution >= 4 is 0 Å². The van der Waals surface area contributed by atoms with Crippen molar-refractivity contribution in [3.8, 4) is 11.5 Å². The maximum atomic E-state index is 15.0. The van der Waals surface area contributed by atoms with E-state index in [-0.39, 0.29) is 23.7 Å². The average molecular weight is 421 g/mol. The number of rotatable bonds is 7. The molecule has 1 aromatic carbocycles. The first-order valence-electron chi connectivity index (χ1n) is 12.5. The summed E-state index contributed by atoms with van der Waals surface area (Å²) >= 11 is 0. The van der Waals surface area contributed by atoms with Crippen LogP contribution in [0.4, 0.5) is 8.78 Å². The van der Waals surface area contributed by atoms with Crippen LogP contribution in [-0.4, -0.2) is 12.2 Å². The Bertz CT molecular complexity index is 724. The lowest BCUT2D eigenvalue weighted by molar-refractivity contribution is 0.0689. The lowest BCUT2D eigenvalue weighted by Crippen LogP contribution is -2.35. The molecular weight excluding hydrogens is 382 g/mol. The van der Waals surface area contributed by atoms with Crippen molar-refractivity contribution in [3.63, 3.8) is 0 Å². The molecule has 1 saturated carbocycles. The third-order valence-electron chi connectivity index (χ3n) is 7.70. The van der Waals surface area contributed by atoms with Crippen molar-refractivity contribution in [2.24, 2.45) is 11.8 Å². The van der Waals surface area contributed by atoms with Gasteiger partial charge in [0.1, 0.15) is 6.10 Å². The fraction of sp³-hybridized carbons (Fsp3) is 0.769. The van der Waals surface area contributed by atoms with Crippen LogP contribution in [0.3, 0.4) is 0 Å². The number of ether oxygens (including phenoxy) is 2. The van der Waals surface area contributed by atoms with Gasteiger partial charge >= 0.3 is 0 Å². The standard InChI is InChI=1S/C26H38F2O2/c1-3-5-6-8-19-13-14-20-21-15-16-22(18-11-9-17(7-4-2)10-12-18)30-26(21)24(28)23(27)25(20)29-19/h17-19,22H,3-16H2,1-2H3/t17?,18?,19?,22-/m1/s1. The van der Waals surface area contributed by atoms with E-state index in [9.17, 15) is 4.39 Å². The molecule has 168 valence electrons. The number of unbranched alkanes of at least 4 members (excludes halogenated alkanes) is 2. The molecule has 0 saturated heterocycles. The molecule has 1 fully saturated rings. The molecule has 4 rings (SSSR count). The first-order valence-corrected chi connectivity index (χ1v) is 12.5. The first kappa shape index (κ1) is 21.9. The van der Waals surface area contributed by atoms with Gasteiger partial charge in [-0.15, -0.1) is 0 Å².